The zero-order valence-electron chi connectivity index (χ0n) is 20.3. The third-order valence-corrected chi connectivity index (χ3v) is 7.58. The molecule has 0 heterocycles. The molecule has 0 aliphatic heterocycles. The Morgan fingerprint density at radius 3 is 2.03 bits per heavy atom. The fraction of sp³-hybridized carbons (Fsp3) is 0.419. The Labute approximate surface area is 202 Å². The fourth-order valence-electron chi connectivity index (χ4n) is 5.40. The van der Waals surface area contributed by atoms with Crippen molar-refractivity contribution in [3.05, 3.63) is 83.2 Å². The van der Waals surface area contributed by atoms with E-state index in [1.54, 1.807) is 19.1 Å². The second-order valence-corrected chi connectivity index (χ2v) is 9.78. The van der Waals surface area contributed by atoms with Crippen LogP contribution in [0.15, 0.2) is 54.6 Å². The van der Waals surface area contributed by atoms with Crippen LogP contribution in [0.25, 0.3) is 22.3 Å². The molecular weight excluding hydrogens is 429 g/mol. The smallest absolute Gasteiger partial charge is 0.167 e. The van der Waals surface area contributed by atoms with Crippen molar-refractivity contribution in [2.75, 3.05) is 0 Å². The standard InChI is InChI=1S/C31H35F3/c1-3-5-6-7-21-8-10-23(11-9-21)24-12-14-25(15-13-24)26-17-18-27(29(32)20-26)28-19-16-22(4-2)30(33)31(28)34/h12-21,23H,3-11H2,1-2H3. The zero-order valence-corrected chi connectivity index (χ0v) is 20.3. The van der Waals surface area contributed by atoms with Crippen LogP contribution in [0.5, 0.6) is 0 Å². The van der Waals surface area contributed by atoms with E-state index in [0.29, 0.717) is 17.9 Å². The van der Waals surface area contributed by atoms with Crippen molar-refractivity contribution in [2.45, 2.75) is 77.6 Å². The van der Waals surface area contributed by atoms with Gasteiger partial charge < -0.3 is 0 Å². The molecule has 3 heteroatoms. The normalized spacial score (nSPS) is 18.3. The Morgan fingerprint density at radius 1 is 0.706 bits per heavy atom. The zero-order chi connectivity index (χ0) is 24.1. The molecule has 0 amide bonds. The van der Waals surface area contributed by atoms with Crippen molar-refractivity contribution in [3.8, 4) is 22.3 Å². The topological polar surface area (TPSA) is 0 Å². The van der Waals surface area contributed by atoms with E-state index in [4.69, 9.17) is 0 Å². The number of unbranched alkanes of at least 4 members (excludes halogenated alkanes) is 2. The van der Waals surface area contributed by atoms with Crippen LogP contribution in [0.3, 0.4) is 0 Å². The number of rotatable bonds is 8. The predicted octanol–water partition coefficient (Wildman–Crippen LogP) is 9.85. The van der Waals surface area contributed by atoms with Crippen LogP contribution in [-0.4, -0.2) is 0 Å². The van der Waals surface area contributed by atoms with Gasteiger partial charge >= 0.3 is 0 Å². The van der Waals surface area contributed by atoms with Crippen LogP contribution < -0.4 is 0 Å². The summed E-state index contributed by atoms with van der Waals surface area (Å²) in [5, 5.41) is 0. The van der Waals surface area contributed by atoms with Gasteiger partial charge in [-0.15, -0.1) is 0 Å². The highest BCUT2D eigenvalue weighted by atomic mass is 19.2. The van der Waals surface area contributed by atoms with Gasteiger partial charge in [-0.05, 0) is 72.3 Å². The molecule has 0 saturated heterocycles. The maximum Gasteiger partial charge on any atom is 0.167 e. The lowest BCUT2D eigenvalue weighted by atomic mass is 9.77. The number of hydrogen-bond donors (Lipinski definition) is 0. The van der Waals surface area contributed by atoms with E-state index in [9.17, 15) is 13.2 Å². The Hall–Kier alpha value is -2.55. The quantitative estimate of drug-likeness (QED) is 0.291. The molecule has 1 saturated carbocycles. The number of benzene rings is 3. The SMILES string of the molecule is CCCCCC1CCC(c2ccc(-c3ccc(-c4ccc(CC)c(F)c4F)c(F)c3)cc2)CC1. The summed E-state index contributed by atoms with van der Waals surface area (Å²) in [6.07, 6.45) is 10.9. The second kappa shape index (κ2) is 11.3. The van der Waals surface area contributed by atoms with Gasteiger partial charge in [0.05, 0.1) is 0 Å². The monoisotopic (exact) mass is 464 g/mol. The van der Waals surface area contributed by atoms with Gasteiger partial charge in [0, 0.05) is 11.1 Å². The number of hydrogen-bond acceptors (Lipinski definition) is 0. The molecule has 0 atom stereocenters. The minimum Gasteiger partial charge on any atom is -0.206 e. The van der Waals surface area contributed by atoms with Gasteiger partial charge in [0.25, 0.3) is 0 Å². The summed E-state index contributed by atoms with van der Waals surface area (Å²) in [4.78, 5) is 0. The predicted molar refractivity (Wildman–Crippen MR) is 135 cm³/mol. The molecule has 1 aliphatic rings. The maximum atomic E-state index is 14.9. The molecule has 0 nitrogen and oxygen atoms in total. The molecular formula is C31H35F3. The minimum atomic E-state index is -0.990. The number of halogens is 3. The number of aryl methyl sites for hydroxylation is 1. The molecule has 180 valence electrons. The van der Waals surface area contributed by atoms with Crippen LogP contribution in [0.1, 0.15) is 82.3 Å². The first-order chi connectivity index (χ1) is 16.5. The van der Waals surface area contributed by atoms with Crippen molar-refractivity contribution < 1.29 is 13.2 Å². The summed E-state index contributed by atoms with van der Waals surface area (Å²) in [6, 6.07) is 16.2. The molecule has 0 bridgehead atoms. The van der Waals surface area contributed by atoms with E-state index < -0.39 is 17.5 Å². The highest BCUT2D eigenvalue weighted by molar-refractivity contribution is 5.71. The van der Waals surface area contributed by atoms with Crippen LogP contribution in [0, 0.1) is 23.4 Å². The van der Waals surface area contributed by atoms with Gasteiger partial charge in [0.15, 0.2) is 11.6 Å². The van der Waals surface area contributed by atoms with Crippen LogP contribution in [0.2, 0.25) is 0 Å². The van der Waals surface area contributed by atoms with Crippen molar-refractivity contribution >= 4 is 0 Å². The third kappa shape index (κ3) is 5.40. The molecule has 0 N–H and O–H groups in total. The third-order valence-electron chi connectivity index (χ3n) is 7.58. The van der Waals surface area contributed by atoms with Gasteiger partial charge in [-0.3, -0.25) is 0 Å². The molecule has 0 radical (unpaired) electrons. The summed E-state index contributed by atoms with van der Waals surface area (Å²) < 4.78 is 43.7. The van der Waals surface area contributed by atoms with Gasteiger partial charge in [-0.25, -0.2) is 13.2 Å². The molecule has 0 aromatic heterocycles. The fourth-order valence-corrected chi connectivity index (χ4v) is 5.40. The summed E-state index contributed by atoms with van der Waals surface area (Å²) in [5.74, 6) is -0.936. The molecule has 1 aliphatic carbocycles. The average molecular weight is 465 g/mol. The molecule has 3 aromatic rings. The summed E-state index contributed by atoms with van der Waals surface area (Å²) in [7, 11) is 0. The van der Waals surface area contributed by atoms with E-state index in [-0.39, 0.29) is 11.1 Å². The lowest BCUT2D eigenvalue weighted by Crippen LogP contribution is -2.13. The van der Waals surface area contributed by atoms with Crippen molar-refractivity contribution in [3.63, 3.8) is 0 Å². The molecule has 0 unspecified atom stereocenters. The minimum absolute atomic E-state index is 0.0422. The van der Waals surface area contributed by atoms with E-state index in [0.717, 1.165) is 17.0 Å². The summed E-state index contributed by atoms with van der Waals surface area (Å²) in [6.45, 7) is 4.02. The van der Waals surface area contributed by atoms with E-state index >= 15 is 0 Å². The first kappa shape index (κ1) is 24.6. The average Bonchev–Trinajstić information content (AvgIpc) is 2.87. The Balaban J connectivity index is 1.45. The van der Waals surface area contributed by atoms with Crippen molar-refractivity contribution in [1.82, 2.24) is 0 Å². The summed E-state index contributed by atoms with van der Waals surface area (Å²) in [5.41, 5.74) is 3.35. The van der Waals surface area contributed by atoms with Crippen molar-refractivity contribution in [1.29, 1.82) is 0 Å². The van der Waals surface area contributed by atoms with Gasteiger partial charge in [-0.2, -0.15) is 0 Å². The Bertz CT molecular complexity index is 1090. The highest BCUT2D eigenvalue weighted by Gasteiger charge is 2.22. The first-order valence-corrected chi connectivity index (χ1v) is 12.9. The van der Waals surface area contributed by atoms with E-state index in [1.807, 2.05) is 12.1 Å². The molecule has 4 rings (SSSR count). The lowest BCUT2D eigenvalue weighted by molar-refractivity contribution is 0.303. The molecule has 1 fully saturated rings. The van der Waals surface area contributed by atoms with Gasteiger partial charge in [-0.1, -0.05) is 88.1 Å². The largest absolute Gasteiger partial charge is 0.206 e. The Morgan fingerprint density at radius 2 is 1.38 bits per heavy atom. The van der Waals surface area contributed by atoms with Crippen LogP contribution >= 0.6 is 0 Å². The summed E-state index contributed by atoms with van der Waals surface area (Å²) >= 11 is 0. The van der Waals surface area contributed by atoms with E-state index in [1.165, 1.54) is 75.1 Å². The lowest BCUT2D eigenvalue weighted by Gasteiger charge is -2.29. The highest BCUT2D eigenvalue weighted by Crippen LogP contribution is 2.38. The molecule has 3 aromatic carbocycles. The van der Waals surface area contributed by atoms with Crippen LogP contribution in [0.4, 0.5) is 13.2 Å². The Kier molecular flexibility index (Phi) is 8.13. The maximum absolute atomic E-state index is 14.9. The molecule has 34 heavy (non-hydrogen) atoms. The molecule has 0 spiro atoms. The van der Waals surface area contributed by atoms with Crippen molar-refractivity contribution in [2.24, 2.45) is 5.92 Å². The van der Waals surface area contributed by atoms with Crippen LogP contribution in [-0.2, 0) is 6.42 Å². The first-order valence-electron chi connectivity index (χ1n) is 12.9. The van der Waals surface area contributed by atoms with Gasteiger partial charge in [0.2, 0.25) is 0 Å². The second-order valence-electron chi connectivity index (χ2n) is 9.78. The van der Waals surface area contributed by atoms with Gasteiger partial charge in [0.1, 0.15) is 5.82 Å². The van der Waals surface area contributed by atoms with E-state index in [2.05, 4.69) is 19.1 Å².